The lowest BCUT2D eigenvalue weighted by molar-refractivity contribution is -0.132. The van der Waals surface area contributed by atoms with Crippen LogP contribution in [0.15, 0.2) is 35.4 Å². The number of carbonyl (C=O) groups excluding carboxylic acids is 2. The van der Waals surface area contributed by atoms with Gasteiger partial charge in [-0.25, -0.2) is 5.43 Å². The van der Waals surface area contributed by atoms with Crippen molar-refractivity contribution in [3.05, 3.63) is 62.4 Å². The Bertz CT molecular complexity index is 999. The number of carbonyl (C=O) groups is 2. The van der Waals surface area contributed by atoms with Gasteiger partial charge in [0, 0.05) is 42.8 Å². The van der Waals surface area contributed by atoms with Crippen LogP contribution < -0.4 is 10.7 Å². The van der Waals surface area contributed by atoms with Gasteiger partial charge in [-0.05, 0) is 38.0 Å². The van der Waals surface area contributed by atoms with Gasteiger partial charge in [0.1, 0.15) is 5.15 Å². The van der Waals surface area contributed by atoms with Crippen molar-refractivity contribution in [3.8, 4) is 0 Å². The molecule has 1 aromatic heterocycles. The summed E-state index contributed by atoms with van der Waals surface area (Å²) >= 11 is 12.2. The second-order valence-electron chi connectivity index (χ2n) is 7.36. The number of amides is 2. The summed E-state index contributed by atoms with van der Waals surface area (Å²) in [5.41, 5.74) is 7.16. The molecule has 0 saturated carbocycles. The number of halogens is 2. The fourth-order valence-electron chi connectivity index (χ4n) is 3.37. The van der Waals surface area contributed by atoms with Crippen LogP contribution in [-0.2, 0) is 29.7 Å². The number of hydrogen-bond donors (Lipinski definition) is 2. The first-order valence-electron chi connectivity index (χ1n) is 9.69. The first-order chi connectivity index (χ1) is 14.3. The van der Waals surface area contributed by atoms with E-state index >= 15 is 0 Å². The minimum absolute atomic E-state index is 0.0378. The number of hydrogen-bond acceptors (Lipinski definition) is 4. The van der Waals surface area contributed by atoms with Crippen LogP contribution in [0.4, 0.5) is 0 Å². The molecule has 30 heavy (non-hydrogen) atoms. The molecule has 0 radical (unpaired) electrons. The van der Waals surface area contributed by atoms with Crippen molar-refractivity contribution < 1.29 is 9.59 Å². The van der Waals surface area contributed by atoms with Crippen molar-refractivity contribution in [3.63, 3.8) is 0 Å². The van der Waals surface area contributed by atoms with Gasteiger partial charge in [0.25, 0.3) is 5.91 Å². The molecule has 0 bridgehead atoms. The van der Waals surface area contributed by atoms with Crippen LogP contribution in [-0.4, -0.2) is 33.1 Å². The molecule has 2 N–H and O–H groups in total. The maximum Gasteiger partial charge on any atom is 0.264 e. The third kappa shape index (κ3) is 5.22. The summed E-state index contributed by atoms with van der Waals surface area (Å²) in [6, 6.07) is 7.30. The molecule has 1 aliphatic rings. The number of hydrazine groups is 1. The number of nitrogens with one attached hydrogen (secondary N) is 2. The van der Waals surface area contributed by atoms with E-state index in [2.05, 4.69) is 15.8 Å². The smallest absolute Gasteiger partial charge is 0.264 e. The molecule has 0 aliphatic carbocycles. The van der Waals surface area contributed by atoms with Crippen LogP contribution >= 0.6 is 23.2 Å². The third-order valence-corrected chi connectivity index (χ3v) is 5.87. The van der Waals surface area contributed by atoms with Crippen LogP contribution in [0.25, 0.3) is 0 Å². The van der Waals surface area contributed by atoms with Crippen molar-refractivity contribution in [1.29, 1.82) is 0 Å². The molecule has 0 spiro atoms. The fourth-order valence-corrected chi connectivity index (χ4v) is 3.83. The minimum Gasteiger partial charge on any atom is -0.352 e. The van der Waals surface area contributed by atoms with E-state index in [0.29, 0.717) is 41.8 Å². The summed E-state index contributed by atoms with van der Waals surface area (Å²) in [6.45, 7) is 5.06. The summed E-state index contributed by atoms with van der Waals surface area (Å²) in [4.78, 5) is 25.4. The van der Waals surface area contributed by atoms with Gasteiger partial charge in [-0.15, -0.1) is 0 Å². The number of benzene rings is 1. The maximum atomic E-state index is 12.9. The summed E-state index contributed by atoms with van der Waals surface area (Å²) in [5.74, 6) is -0.389. The Morgan fingerprint density at radius 1 is 1.23 bits per heavy atom. The molecule has 2 heterocycles. The van der Waals surface area contributed by atoms with E-state index in [-0.39, 0.29) is 18.2 Å². The topological polar surface area (TPSA) is 79.3 Å². The van der Waals surface area contributed by atoms with E-state index in [1.54, 1.807) is 28.9 Å². The second kappa shape index (κ2) is 9.64. The van der Waals surface area contributed by atoms with Crippen LogP contribution in [0.3, 0.4) is 0 Å². The Morgan fingerprint density at radius 2 is 2.00 bits per heavy atom. The molecule has 2 aromatic rings. The van der Waals surface area contributed by atoms with Crippen LogP contribution in [0.1, 0.15) is 36.6 Å². The largest absolute Gasteiger partial charge is 0.352 e. The van der Waals surface area contributed by atoms with Crippen molar-refractivity contribution >= 4 is 35.0 Å². The molecular weight excluding hydrogens is 425 g/mol. The molecule has 1 aliphatic heterocycles. The summed E-state index contributed by atoms with van der Waals surface area (Å²) in [6.07, 6.45) is 0.742. The summed E-state index contributed by atoms with van der Waals surface area (Å²) < 4.78 is 1.60. The Kier molecular flexibility index (Phi) is 7.18. The lowest BCUT2D eigenvalue weighted by atomic mass is 9.98. The average Bonchev–Trinajstić information content (AvgIpc) is 2.94. The average molecular weight is 450 g/mol. The number of nitrogens with zero attached hydrogens (tertiary/aromatic N) is 3. The zero-order valence-electron chi connectivity index (χ0n) is 17.3. The van der Waals surface area contributed by atoms with Crippen molar-refractivity contribution in [2.45, 2.75) is 39.8 Å². The van der Waals surface area contributed by atoms with E-state index in [4.69, 9.17) is 23.2 Å². The van der Waals surface area contributed by atoms with E-state index in [9.17, 15) is 9.59 Å². The van der Waals surface area contributed by atoms with Gasteiger partial charge in [-0.2, -0.15) is 5.10 Å². The Balaban J connectivity index is 1.59. The molecule has 3 rings (SSSR count). The first kappa shape index (κ1) is 22.3. The quantitative estimate of drug-likeness (QED) is 0.679. The van der Waals surface area contributed by atoms with Crippen molar-refractivity contribution in [2.24, 2.45) is 7.05 Å². The van der Waals surface area contributed by atoms with Gasteiger partial charge in [0.05, 0.1) is 12.1 Å². The monoisotopic (exact) mass is 449 g/mol. The standard InChI is InChI=1S/C21H25Cl2N5O2/c1-13-7-8-28(25-12-18-14(2)26-27(3)20(18)23)21(30)17(13)10-19(29)24-11-15-5-4-6-16(22)9-15/h4-6,9,25H,7-8,10-12H2,1-3H3,(H,24,29). The Hall–Kier alpha value is -2.35. The van der Waals surface area contributed by atoms with Crippen LogP contribution in [0.2, 0.25) is 10.2 Å². The van der Waals surface area contributed by atoms with E-state index in [1.165, 1.54) is 0 Å². The molecule has 0 atom stereocenters. The molecule has 7 nitrogen and oxygen atoms in total. The van der Waals surface area contributed by atoms with Gasteiger partial charge in [-0.3, -0.25) is 19.3 Å². The highest BCUT2D eigenvalue weighted by Gasteiger charge is 2.27. The molecule has 160 valence electrons. The van der Waals surface area contributed by atoms with E-state index in [0.717, 1.165) is 22.4 Å². The highest BCUT2D eigenvalue weighted by Crippen LogP contribution is 2.22. The Labute approximate surface area is 186 Å². The zero-order valence-corrected chi connectivity index (χ0v) is 18.8. The number of aromatic nitrogens is 2. The van der Waals surface area contributed by atoms with Gasteiger partial charge in [-0.1, -0.05) is 40.9 Å². The van der Waals surface area contributed by atoms with Gasteiger partial charge >= 0.3 is 0 Å². The Morgan fingerprint density at radius 3 is 2.67 bits per heavy atom. The van der Waals surface area contributed by atoms with Gasteiger partial charge in [0.2, 0.25) is 5.91 Å². The molecule has 1 aromatic carbocycles. The second-order valence-corrected chi connectivity index (χ2v) is 8.16. The normalized spacial score (nSPS) is 14.4. The lowest BCUT2D eigenvalue weighted by Crippen LogP contribution is -2.47. The molecule has 0 unspecified atom stereocenters. The van der Waals surface area contributed by atoms with E-state index in [1.807, 2.05) is 26.0 Å². The molecule has 2 amide bonds. The molecule has 0 fully saturated rings. The zero-order chi connectivity index (χ0) is 21.8. The summed E-state index contributed by atoms with van der Waals surface area (Å²) in [7, 11) is 1.77. The minimum atomic E-state index is -0.203. The molecule has 9 heteroatoms. The maximum absolute atomic E-state index is 12.9. The number of rotatable bonds is 7. The SMILES string of the molecule is CC1=C(CC(=O)NCc2cccc(Cl)c2)C(=O)N(NCc2c(C)nn(C)c2Cl)CC1. The van der Waals surface area contributed by atoms with Gasteiger partial charge in [0.15, 0.2) is 0 Å². The van der Waals surface area contributed by atoms with Crippen molar-refractivity contribution in [2.75, 3.05) is 6.54 Å². The van der Waals surface area contributed by atoms with E-state index < -0.39 is 0 Å². The van der Waals surface area contributed by atoms with Gasteiger partial charge < -0.3 is 5.32 Å². The highest BCUT2D eigenvalue weighted by atomic mass is 35.5. The first-order valence-corrected chi connectivity index (χ1v) is 10.4. The molecular formula is C21H25Cl2N5O2. The lowest BCUT2D eigenvalue weighted by Gasteiger charge is -2.30. The highest BCUT2D eigenvalue weighted by molar-refractivity contribution is 6.30. The number of aryl methyl sites for hydroxylation is 2. The van der Waals surface area contributed by atoms with Crippen LogP contribution in [0, 0.1) is 6.92 Å². The third-order valence-electron chi connectivity index (χ3n) is 5.16. The predicted molar refractivity (Wildman–Crippen MR) is 117 cm³/mol. The fraction of sp³-hybridized carbons (Fsp3) is 0.381. The van der Waals surface area contributed by atoms with Crippen LogP contribution in [0.5, 0.6) is 0 Å². The molecule has 0 saturated heterocycles. The van der Waals surface area contributed by atoms with Crippen molar-refractivity contribution in [1.82, 2.24) is 25.5 Å². The summed E-state index contributed by atoms with van der Waals surface area (Å²) in [5, 5.41) is 9.84. The predicted octanol–water partition coefficient (Wildman–Crippen LogP) is 3.30.